The Morgan fingerprint density at radius 2 is 1.86 bits per heavy atom. The number of nitrogens with zero attached hydrogens (tertiary/aromatic N) is 4. The molecule has 29 heavy (non-hydrogen) atoms. The van der Waals surface area contributed by atoms with Crippen LogP contribution in [0.5, 0.6) is 0 Å². The highest BCUT2D eigenvalue weighted by Crippen LogP contribution is 2.34. The number of carbonyl (C=O) groups is 1. The third kappa shape index (κ3) is 6.44. The van der Waals surface area contributed by atoms with Crippen LogP contribution < -0.4 is 10.2 Å². The molecule has 0 bridgehead atoms. The minimum atomic E-state index is 0.0930. The minimum Gasteiger partial charge on any atom is -0.356 e. The fraction of sp³-hybridized carbons (Fsp3) is 0.500. The van der Waals surface area contributed by atoms with Gasteiger partial charge >= 0.3 is 0 Å². The van der Waals surface area contributed by atoms with Crippen molar-refractivity contribution in [3.63, 3.8) is 0 Å². The fourth-order valence-electron chi connectivity index (χ4n) is 3.43. The Balaban J connectivity index is 1.54. The number of aryl methyl sites for hydroxylation is 1. The lowest BCUT2D eigenvalue weighted by Crippen LogP contribution is -2.41. The summed E-state index contributed by atoms with van der Waals surface area (Å²) in [5, 5.41) is 4.01. The van der Waals surface area contributed by atoms with Crippen molar-refractivity contribution in [1.29, 1.82) is 0 Å². The Kier molecular flexibility index (Phi) is 7.89. The molecule has 1 aromatic heterocycles. The quantitative estimate of drug-likeness (QED) is 0.671. The molecule has 0 saturated carbocycles. The second-order valence-corrected chi connectivity index (χ2v) is 8.87. The average Bonchev–Trinajstić information content (AvgIpc) is 2.73. The second kappa shape index (κ2) is 10.6. The van der Waals surface area contributed by atoms with Crippen molar-refractivity contribution in [2.24, 2.45) is 5.92 Å². The number of aromatic nitrogens is 2. The van der Waals surface area contributed by atoms with Crippen LogP contribution in [-0.2, 0) is 4.79 Å². The zero-order chi connectivity index (χ0) is 20.6. The van der Waals surface area contributed by atoms with Gasteiger partial charge < -0.3 is 15.1 Å². The molecule has 3 rings (SSSR count). The highest BCUT2D eigenvalue weighted by molar-refractivity contribution is 7.99. The van der Waals surface area contributed by atoms with Crippen LogP contribution in [0.3, 0.4) is 0 Å². The molecule has 1 aliphatic heterocycles. The van der Waals surface area contributed by atoms with E-state index in [1.807, 2.05) is 0 Å². The van der Waals surface area contributed by atoms with Gasteiger partial charge in [-0.1, -0.05) is 29.5 Å². The van der Waals surface area contributed by atoms with Crippen molar-refractivity contribution in [2.45, 2.75) is 36.1 Å². The Morgan fingerprint density at radius 1 is 1.17 bits per heavy atom. The van der Waals surface area contributed by atoms with Gasteiger partial charge in [-0.25, -0.2) is 9.97 Å². The molecule has 0 spiro atoms. The first kappa shape index (κ1) is 21.6. The molecule has 6 nitrogen and oxygen atoms in total. The van der Waals surface area contributed by atoms with E-state index < -0.39 is 0 Å². The third-order valence-electron chi connectivity index (χ3n) is 5.13. The maximum atomic E-state index is 12.4. The van der Waals surface area contributed by atoms with Gasteiger partial charge in [0, 0.05) is 42.8 Å². The van der Waals surface area contributed by atoms with Crippen LogP contribution in [0.4, 0.5) is 5.82 Å². The zero-order valence-corrected chi connectivity index (χ0v) is 18.4. The van der Waals surface area contributed by atoms with E-state index in [0.29, 0.717) is 0 Å². The molecular formula is C22H31N5OS. The summed E-state index contributed by atoms with van der Waals surface area (Å²) in [6, 6.07) is 8.46. The lowest BCUT2D eigenvalue weighted by molar-refractivity contribution is -0.125. The van der Waals surface area contributed by atoms with Gasteiger partial charge in [-0.15, -0.1) is 0 Å². The highest BCUT2D eigenvalue weighted by atomic mass is 32.2. The summed E-state index contributed by atoms with van der Waals surface area (Å²) in [6.45, 7) is 5.49. The number of nitrogens with one attached hydrogen (secondary N) is 1. The fourth-order valence-corrected chi connectivity index (χ4v) is 4.31. The van der Waals surface area contributed by atoms with E-state index in [9.17, 15) is 4.79 Å². The molecule has 0 radical (unpaired) electrons. The van der Waals surface area contributed by atoms with E-state index in [0.717, 1.165) is 61.2 Å². The number of amides is 1. The molecule has 1 aromatic carbocycles. The maximum absolute atomic E-state index is 12.4. The van der Waals surface area contributed by atoms with Crippen molar-refractivity contribution in [1.82, 2.24) is 20.2 Å². The number of hydrogen-bond acceptors (Lipinski definition) is 6. The summed E-state index contributed by atoms with van der Waals surface area (Å²) in [5.41, 5.74) is 1.25. The van der Waals surface area contributed by atoms with E-state index >= 15 is 0 Å². The van der Waals surface area contributed by atoms with Gasteiger partial charge in [-0.3, -0.25) is 4.79 Å². The monoisotopic (exact) mass is 413 g/mol. The van der Waals surface area contributed by atoms with Crippen molar-refractivity contribution in [3.8, 4) is 0 Å². The van der Waals surface area contributed by atoms with Crippen LogP contribution in [0.2, 0.25) is 0 Å². The Hall–Kier alpha value is -2.12. The van der Waals surface area contributed by atoms with Crippen LogP contribution in [-0.4, -0.2) is 61.0 Å². The van der Waals surface area contributed by atoms with Crippen molar-refractivity contribution in [2.75, 3.05) is 45.2 Å². The molecule has 1 fully saturated rings. The standard InChI is InChI=1S/C22H31N5OS/c1-17-5-7-19(8-6-17)29-22-20(23-12-13-25-22)27-15-9-18(10-16-27)21(28)24-11-4-14-26(2)3/h5-8,12-13,18H,4,9-11,14-16H2,1-3H3,(H,24,28). The summed E-state index contributed by atoms with van der Waals surface area (Å²) in [7, 11) is 4.10. The van der Waals surface area contributed by atoms with E-state index in [1.165, 1.54) is 5.56 Å². The molecule has 0 unspecified atom stereocenters. The molecule has 7 heteroatoms. The summed E-state index contributed by atoms with van der Waals surface area (Å²) in [5.74, 6) is 1.20. The van der Waals surface area contributed by atoms with Gasteiger partial charge in [0.25, 0.3) is 0 Å². The van der Waals surface area contributed by atoms with E-state index in [-0.39, 0.29) is 11.8 Å². The molecule has 2 aromatic rings. The summed E-state index contributed by atoms with van der Waals surface area (Å²) < 4.78 is 0. The van der Waals surface area contributed by atoms with Gasteiger partial charge in [-0.2, -0.15) is 0 Å². The number of piperidine rings is 1. The minimum absolute atomic E-state index is 0.0930. The lowest BCUT2D eigenvalue weighted by Gasteiger charge is -2.32. The van der Waals surface area contributed by atoms with Gasteiger partial charge in [0.1, 0.15) is 5.03 Å². The first-order valence-corrected chi connectivity index (χ1v) is 11.1. The van der Waals surface area contributed by atoms with Crippen molar-refractivity contribution >= 4 is 23.5 Å². The average molecular weight is 414 g/mol. The first-order chi connectivity index (χ1) is 14.0. The van der Waals surface area contributed by atoms with Crippen LogP contribution in [0.1, 0.15) is 24.8 Å². The molecule has 0 aliphatic carbocycles. The van der Waals surface area contributed by atoms with Crippen LogP contribution >= 0.6 is 11.8 Å². The zero-order valence-electron chi connectivity index (χ0n) is 17.6. The lowest BCUT2D eigenvalue weighted by atomic mass is 9.96. The molecule has 1 aliphatic rings. The van der Waals surface area contributed by atoms with Gasteiger partial charge in [0.05, 0.1) is 0 Å². The van der Waals surface area contributed by atoms with E-state index in [2.05, 4.69) is 70.4 Å². The Morgan fingerprint density at radius 3 is 2.55 bits per heavy atom. The Bertz CT molecular complexity index is 788. The van der Waals surface area contributed by atoms with Gasteiger partial charge in [0.2, 0.25) is 5.91 Å². The number of rotatable bonds is 8. The predicted octanol–water partition coefficient (Wildman–Crippen LogP) is 3.22. The molecule has 156 valence electrons. The highest BCUT2D eigenvalue weighted by Gasteiger charge is 2.27. The predicted molar refractivity (Wildman–Crippen MR) is 118 cm³/mol. The number of hydrogen-bond donors (Lipinski definition) is 1. The van der Waals surface area contributed by atoms with Crippen LogP contribution in [0.25, 0.3) is 0 Å². The molecular weight excluding hydrogens is 382 g/mol. The molecule has 2 heterocycles. The molecule has 1 amide bonds. The van der Waals surface area contributed by atoms with Crippen molar-refractivity contribution in [3.05, 3.63) is 42.2 Å². The molecule has 0 atom stereocenters. The first-order valence-electron chi connectivity index (χ1n) is 10.3. The smallest absolute Gasteiger partial charge is 0.223 e. The summed E-state index contributed by atoms with van der Waals surface area (Å²) in [4.78, 5) is 27.2. The number of carbonyl (C=O) groups excluding carboxylic acids is 1. The van der Waals surface area contributed by atoms with Gasteiger partial charge in [0.15, 0.2) is 5.82 Å². The molecule has 1 N–H and O–H groups in total. The largest absolute Gasteiger partial charge is 0.356 e. The Labute approximate surface area is 178 Å². The van der Waals surface area contributed by atoms with E-state index in [1.54, 1.807) is 24.2 Å². The summed E-state index contributed by atoms with van der Waals surface area (Å²) in [6.07, 6.45) is 6.18. The molecule has 1 saturated heterocycles. The second-order valence-electron chi connectivity index (χ2n) is 7.81. The number of anilines is 1. The van der Waals surface area contributed by atoms with E-state index in [4.69, 9.17) is 0 Å². The summed E-state index contributed by atoms with van der Waals surface area (Å²) >= 11 is 1.64. The SMILES string of the molecule is Cc1ccc(Sc2nccnc2N2CCC(C(=O)NCCCN(C)C)CC2)cc1. The van der Waals surface area contributed by atoms with Crippen LogP contribution in [0.15, 0.2) is 46.6 Å². The normalized spacial score (nSPS) is 15.0. The number of benzene rings is 1. The van der Waals surface area contributed by atoms with Gasteiger partial charge in [-0.05, 0) is 59.0 Å². The van der Waals surface area contributed by atoms with Crippen LogP contribution in [0, 0.1) is 12.8 Å². The third-order valence-corrected chi connectivity index (χ3v) is 6.12. The topological polar surface area (TPSA) is 61.4 Å². The van der Waals surface area contributed by atoms with Crippen molar-refractivity contribution < 1.29 is 4.79 Å². The maximum Gasteiger partial charge on any atom is 0.223 e.